The maximum absolute atomic E-state index is 13.7. The molecule has 1 aromatic rings. The molecule has 0 heterocycles. The predicted octanol–water partition coefficient (Wildman–Crippen LogP) is 7.57. The maximum Gasteiger partial charge on any atom is 0.340 e. The van der Waals surface area contributed by atoms with Gasteiger partial charge in [0.1, 0.15) is 12.2 Å². The summed E-state index contributed by atoms with van der Waals surface area (Å²) in [4.78, 5) is 23.6. The number of rotatable bonds is 12. The van der Waals surface area contributed by atoms with Gasteiger partial charge in [-0.15, -0.1) is 0 Å². The van der Waals surface area contributed by atoms with Gasteiger partial charge in [-0.05, 0) is 100 Å². The Balaban J connectivity index is 1.34. The highest BCUT2D eigenvalue weighted by Crippen LogP contribution is 2.35. The van der Waals surface area contributed by atoms with E-state index in [0.717, 1.165) is 64.2 Å². The summed E-state index contributed by atoms with van der Waals surface area (Å²) in [5.41, 5.74) is 2.66. The largest absolute Gasteiger partial charge is 0.460 e. The summed E-state index contributed by atoms with van der Waals surface area (Å²) in [5.74, 6) is -0.296. The fourth-order valence-corrected chi connectivity index (χ4v) is 5.60. The molecule has 0 bridgehead atoms. The number of ether oxygens (including phenoxy) is 2. The number of carbonyl (C=O) groups excluding carboxylic acids is 2. The van der Waals surface area contributed by atoms with Crippen LogP contribution in [-0.2, 0) is 25.5 Å². The van der Waals surface area contributed by atoms with E-state index in [-0.39, 0.29) is 25.0 Å². The molecule has 0 saturated heterocycles. The molecule has 0 aliphatic heterocycles. The van der Waals surface area contributed by atoms with Crippen molar-refractivity contribution < 1.29 is 27.8 Å². The zero-order chi connectivity index (χ0) is 25.9. The summed E-state index contributed by atoms with van der Waals surface area (Å²) in [7, 11) is 0. The first-order valence-electron chi connectivity index (χ1n) is 14.2. The summed E-state index contributed by atoms with van der Waals surface area (Å²) >= 11 is 0. The van der Waals surface area contributed by atoms with E-state index in [0.29, 0.717) is 24.7 Å². The molecule has 0 radical (unpaired) electrons. The molecule has 1 aromatic carbocycles. The van der Waals surface area contributed by atoms with Crippen molar-refractivity contribution in [3.8, 4) is 0 Å². The second-order valence-electron chi connectivity index (χ2n) is 10.8. The predicted molar refractivity (Wildman–Crippen MR) is 137 cm³/mol. The van der Waals surface area contributed by atoms with E-state index in [1.54, 1.807) is 0 Å². The lowest BCUT2D eigenvalue weighted by Gasteiger charge is -2.29. The molecule has 2 aliphatic carbocycles. The number of benzene rings is 1. The van der Waals surface area contributed by atoms with Crippen LogP contribution < -0.4 is 0 Å². The smallest absolute Gasteiger partial charge is 0.340 e. The summed E-state index contributed by atoms with van der Waals surface area (Å²) in [6.07, 6.45) is 7.84. The second-order valence-corrected chi connectivity index (χ2v) is 10.8. The quantitative estimate of drug-likeness (QED) is 0.274. The van der Waals surface area contributed by atoms with Crippen LogP contribution in [0.2, 0.25) is 0 Å². The average molecular weight is 507 g/mol. The molecular weight excluding hydrogens is 462 g/mol. The molecule has 0 spiro atoms. The van der Waals surface area contributed by atoms with E-state index >= 15 is 0 Å². The van der Waals surface area contributed by atoms with Crippen molar-refractivity contribution >= 4 is 11.9 Å². The van der Waals surface area contributed by atoms with Crippen molar-refractivity contribution in [3.63, 3.8) is 0 Å². The van der Waals surface area contributed by atoms with E-state index in [1.807, 2.05) is 13.8 Å². The van der Waals surface area contributed by atoms with Crippen LogP contribution in [0.1, 0.15) is 114 Å². The summed E-state index contributed by atoms with van der Waals surface area (Å²) < 4.78 is 38.2. The topological polar surface area (TPSA) is 52.6 Å². The summed E-state index contributed by atoms with van der Waals surface area (Å²) in [6, 6.07) is 8.90. The Bertz CT molecular complexity index is 796. The third-order valence-corrected chi connectivity index (χ3v) is 7.92. The molecule has 2 saturated carbocycles. The Kier molecular flexibility index (Phi) is 11.7. The van der Waals surface area contributed by atoms with Crippen LogP contribution in [0.4, 0.5) is 8.78 Å². The SMILES string of the molecule is CCC[C@H](F)C(=O)OC1CCC(CCc2ccc(C3CCC(OC(=O)[C@@H](F)CCC)CC3)cc2)CC1. The lowest BCUT2D eigenvalue weighted by Crippen LogP contribution is -2.29. The first-order chi connectivity index (χ1) is 17.4. The molecule has 202 valence electrons. The Morgan fingerprint density at radius 1 is 0.778 bits per heavy atom. The van der Waals surface area contributed by atoms with Gasteiger partial charge in [-0.2, -0.15) is 0 Å². The minimum atomic E-state index is -1.49. The van der Waals surface area contributed by atoms with Crippen LogP contribution in [0.5, 0.6) is 0 Å². The molecule has 2 aliphatic rings. The van der Waals surface area contributed by atoms with Gasteiger partial charge in [-0.3, -0.25) is 0 Å². The third kappa shape index (κ3) is 8.85. The Morgan fingerprint density at radius 3 is 1.72 bits per heavy atom. The van der Waals surface area contributed by atoms with Gasteiger partial charge in [0.05, 0.1) is 0 Å². The zero-order valence-electron chi connectivity index (χ0n) is 22.1. The minimum absolute atomic E-state index is 0.128. The van der Waals surface area contributed by atoms with Crippen molar-refractivity contribution in [2.24, 2.45) is 5.92 Å². The molecule has 0 amide bonds. The van der Waals surface area contributed by atoms with E-state index < -0.39 is 24.3 Å². The first-order valence-corrected chi connectivity index (χ1v) is 14.2. The highest BCUT2D eigenvalue weighted by atomic mass is 19.1. The summed E-state index contributed by atoms with van der Waals surface area (Å²) in [6.45, 7) is 3.73. The average Bonchev–Trinajstić information content (AvgIpc) is 2.89. The van der Waals surface area contributed by atoms with Crippen molar-refractivity contribution in [2.75, 3.05) is 0 Å². The number of hydrogen-bond acceptors (Lipinski definition) is 4. The fraction of sp³-hybridized carbons (Fsp3) is 0.733. The summed E-state index contributed by atoms with van der Waals surface area (Å²) in [5, 5.41) is 0. The van der Waals surface area contributed by atoms with Crippen molar-refractivity contribution in [1.82, 2.24) is 0 Å². The molecule has 0 aromatic heterocycles. The monoisotopic (exact) mass is 506 g/mol. The third-order valence-electron chi connectivity index (χ3n) is 7.92. The van der Waals surface area contributed by atoms with E-state index in [9.17, 15) is 18.4 Å². The Labute approximate surface area is 215 Å². The van der Waals surface area contributed by atoms with Crippen molar-refractivity contribution in [2.45, 2.75) is 134 Å². The highest BCUT2D eigenvalue weighted by molar-refractivity contribution is 5.75. The highest BCUT2D eigenvalue weighted by Gasteiger charge is 2.28. The zero-order valence-corrected chi connectivity index (χ0v) is 22.1. The van der Waals surface area contributed by atoms with Crippen LogP contribution in [0.25, 0.3) is 0 Å². The number of hydrogen-bond donors (Lipinski definition) is 0. The Morgan fingerprint density at radius 2 is 1.25 bits per heavy atom. The second kappa shape index (κ2) is 14.7. The number of alkyl halides is 2. The lowest BCUT2D eigenvalue weighted by molar-refractivity contribution is -0.158. The molecule has 2 atom stereocenters. The van der Waals surface area contributed by atoms with Crippen LogP contribution in [-0.4, -0.2) is 36.5 Å². The lowest BCUT2D eigenvalue weighted by atomic mass is 9.81. The van der Waals surface area contributed by atoms with Crippen LogP contribution in [0, 0.1) is 5.92 Å². The standard InChI is InChI=1S/C30H44F2O4/c1-3-5-27(31)29(33)35-25-17-11-22(12-18-25)8-7-21-9-13-23(14-10-21)24-15-19-26(20-16-24)36-30(34)28(32)6-4-2/h9-10,13-14,22,24-28H,3-8,11-12,15-20H2,1-2H3/t22?,24?,25?,26?,27-,28-/m0/s1. The molecular formula is C30H44F2O4. The van der Waals surface area contributed by atoms with Gasteiger partial charge in [0, 0.05) is 0 Å². The van der Waals surface area contributed by atoms with Gasteiger partial charge >= 0.3 is 11.9 Å². The van der Waals surface area contributed by atoms with E-state index in [1.165, 1.54) is 11.1 Å². The van der Waals surface area contributed by atoms with Gasteiger partial charge in [-0.1, -0.05) is 51.0 Å². The van der Waals surface area contributed by atoms with E-state index in [2.05, 4.69) is 24.3 Å². The fourth-order valence-electron chi connectivity index (χ4n) is 5.60. The number of halogens is 2. The number of aryl methyl sites for hydroxylation is 1. The molecule has 6 heteroatoms. The van der Waals surface area contributed by atoms with Crippen molar-refractivity contribution in [1.29, 1.82) is 0 Å². The van der Waals surface area contributed by atoms with Gasteiger partial charge in [-0.25, -0.2) is 18.4 Å². The number of esters is 2. The van der Waals surface area contributed by atoms with E-state index in [4.69, 9.17) is 9.47 Å². The van der Waals surface area contributed by atoms with Gasteiger partial charge in [0.15, 0.2) is 12.3 Å². The van der Waals surface area contributed by atoms with Gasteiger partial charge < -0.3 is 9.47 Å². The molecule has 2 fully saturated rings. The van der Waals surface area contributed by atoms with Crippen LogP contribution >= 0.6 is 0 Å². The molecule has 0 unspecified atom stereocenters. The van der Waals surface area contributed by atoms with Gasteiger partial charge in [0.2, 0.25) is 0 Å². The first kappa shape index (κ1) is 28.6. The Hall–Kier alpha value is -1.98. The molecule has 3 rings (SSSR count). The maximum atomic E-state index is 13.7. The molecule has 36 heavy (non-hydrogen) atoms. The van der Waals surface area contributed by atoms with Crippen LogP contribution in [0.3, 0.4) is 0 Å². The van der Waals surface area contributed by atoms with Crippen molar-refractivity contribution in [3.05, 3.63) is 35.4 Å². The molecule has 0 N–H and O–H groups in total. The van der Waals surface area contributed by atoms with Gasteiger partial charge in [0.25, 0.3) is 0 Å². The normalized spacial score (nSPS) is 26.1. The number of carbonyl (C=O) groups is 2. The van der Waals surface area contributed by atoms with Crippen LogP contribution in [0.15, 0.2) is 24.3 Å². The molecule has 4 nitrogen and oxygen atoms in total. The minimum Gasteiger partial charge on any atom is -0.460 e.